The van der Waals surface area contributed by atoms with Gasteiger partial charge in [-0.3, -0.25) is 9.97 Å². The van der Waals surface area contributed by atoms with Gasteiger partial charge < -0.3 is 5.32 Å². The van der Waals surface area contributed by atoms with Crippen LogP contribution < -0.4 is 5.32 Å². The Hall–Kier alpha value is -1.90. The summed E-state index contributed by atoms with van der Waals surface area (Å²) in [5.41, 5.74) is 3.28. The summed E-state index contributed by atoms with van der Waals surface area (Å²) >= 11 is 0. The van der Waals surface area contributed by atoms with Crippen LogP contribution in [0.25, 0.3) is 0 Å². The van der Waals surface area contributed by atoms with Crippen molar-refractivity contribution in [1.29, 1.82) is 0 Å². The highest BCUT2D eigenvalue weighted by atomic mass is 14.9. The first kappa shape index (κ1) is 13.1. The van der Waals surface area contributed by atoms with Crippen molar-refractivity contribution >= 4 is 5.69 Å². The average molecular weight is 267 g/mol. The quantitative estimate of drug-likeness (QED) is 0.904. The molecule has 3 heteroatoms. The largest absolute Gasteiger partial charge is 0.379 e. The van der Waals surface area contributed by atoms with Crippen molar-refractivity contribution in [2.75, 3.05) is 5.32 Å². The van der Waals surface area contributed by atoms with E-state index in [4.69, 9.17) is 0 Å². The standard InChI is InChI=1S/C17H21N3/c1-3-7-14(8-4-1)17-13-19-16(12-20-17)11-18-15-9-5-2-6-10-15/h2,5-6,9-10,12-14,18H,1,3-4,7-8,11H2. The lowest BCUT2D eigenvalue weighted by Gasteiger charge is -2.20. The summed E-state index contributed by atoms with van der Waals surface area (Å²) in [6.07, 6.45) is 10.5. The summed E-state index contributed by atoms with van der Waals surface area (Å²) in [4.78, 5) is 9.16. The Kier molecular flexibility index (Phi) is 4.26. The summed E-state index contributed by atoms with van der Waals surface area (Å²) < 4.78 is 0. The van der Waals surface area contributed by atoms with Crippen LogP contribution in [0.5, 0.6) is 0 Å². The highest BCUT2D eigenvalue weighted by Gasteiger charge is 2.16. The molecule has 20 heavy (non-hydrogen) atoms. The van der Waals surface area contributed by atoms with Gasteiger partial charge in [-0.15, -0.1) is 0 Å². The predicted octanol–water partition coefficient (Wildman–Crippen LogP) is 4.14. The molecule has 3 nitrogen and oxygen atoms in total. The smallest absolute Gasteiger partial charge is 0.0777 e. The van der Waals surface area contributed by atoms with Crippen LogP contribution in [0, 0.1) is 0 Å². The minimum absolute atomic E-state index is 0.632. The van der Waals surface area contributed by atoms with E-state index in [1.165, 1.54) is 37.8 Å². The number of hydrogen-bond donors (Lipinski definition) is 1. The van der Waals surface area contributed by atoms with Gasteiger partial charge in [0.1, 0.15) is 0 Å². The third-order valence-corrected chi connectivity index (χ3v) is 4.00. The van der Waals surface area contributed by atoms with Crippen molar-refractivity contribution in [3.8, 4) is 0 Å². The zero-order valence-electron chi connectivity index (χ0n) is 11.8. The highest BCUT2D eigenvalue weighted by Crippen LogP contribution is 2.30. The molecule has 104 valence electrons. The van der Waals surface area contributed by atoms with Crippen LogP contribution in [-0.2, 0) is 6.54 Å². The number of nitrogens with zero attached hydrogens (tertiary/aromatic N) is 2. The van der Waals surface area contributed by atoms with Gasteiger partial charge >= 0.3 is 0 Å². The van der Waals surface area contributed by atoms with Gasteiger partial charge in [-0.05, 0) is 25.0 Å². The van der Waals surface area contributed by atoms with Gasteiger partial charge in [-0.1, -0.05) is 37.5 Å². The molecule has 1 aliphatic rings. The van der Waals surface area contributed by atoms with Gasteiger partial charge in [-0.2, -0.15) is 0 Å². The van der Waals surface area contributed by atoms with Crippen LogP contribution in [0.1, 0.15) is 49.4 Å². The van der Waals surface area contributed by atoms with E-state index < -0.39 is 0 Å². The van der Waals surface area contributed by atoms with Crippen molar-refractivity contribution in [3.63, 3.8) is 0 Å². The monoisotopic (exact) mass is 267 g/mol. The summed E-state index contributed by atoms with van der Waals surface area (Å²) in [7, 11) is 0. The molecular weight excluding hydrogens is 246 g/mol. The maximum absolute atomic E-state index is 4.61. The van der Waals surface area contributed by atoms with Gasteiger partial charge in [0.25, 0.3) is 0 Å². The highest BCUT2D eigenvalue weighted by molar-refractivity contribution is 5.42. The van der Waals surface area contributed by atoms with E-state index in [-0.39, 0.29) is 0 Å². The fourth-order valence-electron chi connectivity index (χ4n) is 2.81. The van der Waals surface area contributed by atoms with E-state index in [0.29, 0.717) is 5.92 Å². The lowest BCUT2D eigenvalue weighted by atomic mass is 9.87. The Balaban J connectivity index is 1.58. The molecule has 0 unspecified atom stereocenters. The van der Waals surface area contributed by atoms with Crippen LogP contribution in [-0.4, -0.2) is 9.97 Å². The third kappa shape index (κ3) is 3.35. The molecule has 1 aromatic carbocycles. The molecule has 0 atom stereocenters. The molecule has 0 spiro atoms. The summed E-state index contributed by atoms with van der Waals surface area (Å²) in [6, 6.07) is 10.2. The molecule has 2 aromatic rings. The minimum Gasteiger partial charge on any atom is -0.379 e. The molecule has 1 N–H and O–H groups in total. The van der Waals surface area contributed by atoms with E-state index >= 15 is 0 Å². The molecule has 0 bridgehead atoms. The van der Waals surface area contributed by atoms with Gasteiger partial charge in [0.05, 0.1) is 24.1 Å². The zero-order valence-corrected chi connectivity index (χ0v) is 11.8. The van der Waals surface area contributed by atoms with Crippen molar-refractivity contribution in [3.05, 3.63) is 54.1 Å². The first-order valence-corrected chi connectivity index (χ1v) is 7.51. The predicted molar refractivity (Wildman–Crippen MR) is 81.6 cm³/mol. The molecule has 1 aliphatic carbocycles. The Morgan fingerprint density at radius 1 is 0.950 bits per heavy atom. The van der Waals surface area contributed by atoms with Gasteiger partial charge in [0, 0.05) is 17.8 Å². The fourth-order valence-corrected chi connectivity index (χ4v) is 2.81. The maximum Gasteiger partial charge on any atom is 0.0777 e. The number of benzene rings is 1. The molecule has 0 radical (unpaired) electrons. The van der Waals surface area contributed by atoms with E-state index in [9.17, 15) is 0 Å². The molecule has 1 aromatic heterocycles. The lowest BCUT2D eigenvalue weighted by Crippen LogP contribution is -2.08. The SMILES string of the molecule is c1ccc(NCc2cnc(C3CCCCC3)cn2)cc1. The van der Waals surface area contributed by atoms with Crippen LogP contribution in [0.4, 0.5) is 5.69 Å². The molecule has 1 fully saturated rings. The normalized spacial score (nSPS) is 16.0. The third-order valence-electron chi connectivity index (χ3n) is 4.00. The maximum atomic E-state index is 4.61. The Morgan fingerprint density at radius 3 is 2.45 bits per heavy atom. The number of aromatic nitrogens is 2. The zero-order chi connectivity index (χ0) is 13.6. The van der Waals surface area contributed by atoms with Crippen molar-refractivity contribution in [2.45, 2.75) is 44.6 Å². The van der Waals surface area contributed by atoms with Crippen LogP contribution >= 0.6 is 0 Å². The number of para-hydroxylation sites is 1. The lowest BCUT2D eigenvalue weighted by molar-refractivity contribution is 0.435. The van der Waals surface area contributed by atoms with Crippen LogP contribution in [0.3, 0.4) is 0 Å². The van der Waals surface area contributed by atoms with E-state index in [0.717, 1.165) is 17.9 Å². The molecule has 0 amide bonds. The van der Waals surface area contributed by atoms with Gasteiger partial charge in [-0.25, -0.2) is 0 Å². The molecule has 0 aliphatic heterocycles. The number of nitrogens with one attached hydrogen (secondary N) is 1. The topological polar surface area (TPSA) is 37.8 Å². The number of rotatable bonds is 4. The summed E-state index contributed by atoms with van der Waals surface area (Å²) in [5.74, 6) is 0.632. The van der Waals surface area contributed by atoms with Crippen molar-refractivity contribution in [2.24, 2.45) is 0 Å². The Bertz CT molecular complexity index is 516. The molecule has 1 heterocycles. The number of anilines is 1. The summed E-state index contributed by atoms with van der Waals surface area (Å²) in [6.45, 7) is 0.724. The van der Waals surface area contributed by atoms with Crippen molar-refractivity contribution in [1.82, 2.24) is 9.97 Å². The Labute approximate surface area is 120 Å². The Morgan fingerprint density at radius 2 is 1.75 bits per heavy atom. The van der Waals surface area contributed by atoms with Crippen molar-refractivity contribution < 1.29 is 0 Å². The summed E-state index contributed by atoms with van der Waals surface area (Å²) in [5, 5.41) is 3.36. The average Bonchev–Trinajstić information content (AvgIpc) is 2.55. The second kappa shape index (κ2) is 6.51. The fraction of sp³-hybridized carbons (Fsp3) is 0.412. The second-order valence-electron chi connectivity index (χ2n) is 5.49. The second-order valence-corrected chi connectivity index (χ2v) is 5.49. The van der Waals surface area contributed by atoms with E-state index in [1.807, 2.05) is 30.6 Å². The molecular formula is C17H21N3. The van der Waals surface area contributed by atoms with E-state index in [1.54, 1.807) is 0 Å². The molecule has 3 rings (SSSR count). The van der Waals surface area contributed by atoms with Gasteiger partial charge in [0.15, 0.2) is 0 Å². The van der Waals surface area contributed by atoms with Crippen LogP contribution in [0.2, 0.25) is 0 Å². The minimum atomic E-state index is 0.632. The molecule has 1 saturated carbocycles. The van der Waals surface area contributed by atoms with E-state index in [2.05, 4.69) is 27.4 Å². The number of hydrogen-bond acceptors (Lipinski definition) is 3. The molecule has 0 saturated heterocycles. The first-order chi connectivity index (χ1) is 9.92. The van der Waals surface area contributed by atoms with Crippen LogP contribution in [0.15, 0.2) is 42.7 Å². The van der Waals surface area contributed by atoms with Gasteiger partial charge in [0.2, 0.25) is 0 Å². The first-order valence-electron chi connectivity index (χ1n) is 7.51.